The first-order valence-corrected chi connectivity index (χ1v) is 9.42. The van der Waals surface area contributed by atoms with Gasteiger partial charge in [0.15, 0.2) is 0 Å². The number of hydrogen-bond acceptors (Lipinski definition) is 4. The highest BCUT2D eigenvalue weighted by molar-refractivity contribution is 7.89. The minimum absolute atomic E-state index is 0.0278. The van der Waals surface area contributed by atoms with Crippen LogP contribution in [0, 0.1) is 0 Å². The van der Waals surface area contributed by atoms with E-state index >= 15 is 0 Å². The lowest BCUT2D eigenvalue weighted by Crippen LogP contribution is -2.34. The maximum Gasteiger partial charge on any atom is 0.274 e. The van der Waals surface area contributed by atoms with Gasteiger partial charge >= 0.3 is 0 Å². The van der Waals surface area contributed by atoms with E-state index in [0.717, 1.165) is 38.6 Å². The molecule has 1 aliphatic carbocycles. The topological polar surface area (TPSA) is 71.3 Å². The van der Waals surface area contributed by atoms with E-state index in [2.05, 4.69) is 17.0 Å². The van der Waals surface area contributed by atoms with E-state index in [9.17, 15) is 8.42 Å². The van der Waals surface area contributed by atoms with Gasteiger partial charge in [-0.3, -0.25) is 0 Å². The molecule has 1 saturated carbocycles. The van der Waals surface area contributed by atoms with Crippen LogP contribution >= 0.6 is 0 Å². The summed E-state index contributed by atoms with van der Waals surface area (Å²) in [6.07, 6.45) is 7.47. The van der Waals surface area contributed by atoms with Crippen molar-refractivity contribution in [2.75, 3.05) is 6.54 Å². The molecular weight excluding hydrogens is 288 g/mol. The summed E-state index contributed by atoms with van der Waals surface area (Å²) in [5.74, 6) is 0.657. The monoisotopic (exact) mass is 314 g/mol. The zero-order valence-electron chi connectivity index (χ0n) is 12.7. The van der Waals surface area contributed by atoms with E-state index in [0.29, 0.717) is 12.3 Å². The van der Waals surface area contributed by atoms with Crippen molar-refractivity contribution in [3.63, 3.8) is 0 Å². The van der Waals surface area contributed by atoms with Crippen LogP contribution in [0.5, 0.6) is 0 Å². The summed E-state index contributed by atoms with van der Waals surface area (Å²) in [4.78, 5) is 0. The van der Waals surface area contributed by atoms with Crippen molar-refractivity contribution in [2.45, 2.75) is 69.5 Å². The summed E-state index contributed by atoms with van der Waals surface area (Å²) in [6.45, 7) is 3.54. The SMILES string of the molecule is CCCNCc1ccc(S(=O)(=O)NC2CCCCCC2)o1. The number of nitrogens with one attached hydrogen (secondary N) is 2. The lowest BCUT2D eigenvalue weighted by molar-refractivity contribution is 0.395. The molecular formula is C15H26N2O3S. The maximum atomic E-state index is 12.3. The molecule has 2 rings (SSSR count). The van der Waals surface area contributed by atoms with Crippen molar-refractivity contribution in [1.29, 1.82) is 0 Å². The van der Waals surface area contributed by atoms with Gasteiger partial charge in [-0.15, -0.1) is 0 Å². The van der Waals surface area contributed by atoms with Crippen LogP contribution in [-0.4, -0.2) is 21.0 Å². The van der Waals surface area contributed by atoms with Crippen LogP contribution in [0.3, 0.4) is 0 Å². The molecule has 0 aliphatic heterocycles. The number of rotatable bonds is 7. The Labute approximate surface area is 127 Å². The van der Waals surface area contributed by atoms with Gasteiger partial charge in [-0.05, 0) is 37.9 Å². The van der Waals surface area contributed by atoms with Crippen LogP contribution in [0.2, 0.25) is 0 Å². The van der Waals surface area contributed by atoms with Crippen LogP contribution in [0.4, 0.5) is 0 Å². The zero-order valence-corrected chi connectivity index (χ0v) is 13.5. The molecule has 0 aromatic carbocycles. The summed E-state index contributed by atoms with van der Waals surface area (Å²) >= 11 is 0. The van der Waals surface area contributed by atoms with E-state index in [1.165, 1.54) is 12.8 Å². The van der Waals surface area contributed by atoms with E-state index in [1.54, 1.807) is 12.1 Å². The minimum atomic E-state index is -3.53. The van der Waals surface area contributed by atoms with Gasteiger partial charge in [0.2, 0.25) is 5.09 Å². The Morgan fingerprint density at radius 3 is 2.57 bits per heavy atom. The molecule has 1 aliphatic rings. The second-order valence-corrected chi connectivity index (χ2v) is 7.35. The largest absolute Gasteiger partial charge is 0.447 e. The smallest absolute Gasteiger partial charge is 0.274 e. The fraction of sp³-hybridized carbons (Fsp3) is 0.733. The summed E-state index contributed by atoms with van der Waals surface area (Å²) in [6, 6.07) is 3.32. The second-order valence-electron chi connectivity index (χ2n) is 5.71. The lowest BCUT2D eigenvalue weighted by atomic mass is 10.1. The number of sulfonamides is 1. The van der Waals surface area contributed by atoms with Gasteiger partial charge in [0, 0.05) is 6.04 Å². The predicted octanol–water partition coefficient (Wildman–Crippen LogP) is 2.78. The van der Waals surface area contributed by atoms with Crippen LogP contribution in [-0.2, 0) is 16.6 Å². The Morgan fingerprint density at radius 2 is 1.90 bits per heavy atom. The number of furan rings is 1. The molecule has 1 aromatic rings. The van der Waals surface area contributed by atoms with Crippen molar-refractivity contribution in [1.82, 2.24) is 10.0 Å². The molecule has 0 bridgehead atoms. The molecule has 6 heteroatoms. The highest BCUT2D eigenvalue weighted by atomic mass is 32.2. The first kappa shape index (κ1) is 16.5. The highest BCUT2D eigenvalue weighted by Gasteiger charge is 2.23. The van der Waals surface area contributed by atoms with Gasteiger partial charge in [-0.25, -0.2) is 13.1 Å². The summed E-state index contributed by atoms with van der Waals surface area (Å²) in [5.41, 5.74) is 0. The molecule has 0 saturated heterocycles. The third-order valence-electron chi connectivity index (χ3n) is 3.80. The van der Waals surface area contributed by atoms with Gasteiger partial charge in [0.25, 0.3) is 10.0 Å². The third-order valence-corrected chi connectivity index (χ3v) is 5.20. The minimum Gasteiger partial charge on any atom is -0.447 e. The predicted molar refractivity (Wildman–Crippen MR) is 82.5 cm³/mol. The molecule has 0 amide bonds. The molecule has 0 unspecified atom stereocenters. The summed E-state index contributed by atoms with van der Waals surface area (Å²) < 4.78 is 32.9. The van der Waals surface area contributed by atoms with Crippen LogP contribution in [0.15, 0.2) is 21.6 Å². The average molecular weight is 314 g/mol. The Balaban J connectivity index is 1.95. The summed E-state index contributed by atoms with van der Waals surface area (Å²) in [7, 11) is -3.53. The first-order valence-electron chi connectivity index (χ1n) is 7.93. The normalized spacial score (nSPS) is 17.8. The van der Waals surface area contributed by atoms with Gasteiger partial charge in [-0.1, -0.05) is 32.6 Å². The van der Waals surface area contributed by atoms with Crippen LogP contribution in [0.25, 0.3) is 0 Å². The van der Waals surface area contributed by atoms with E-state index in [4.69, 9.17) is 4.42 Å². The molecule has 1 fully saturated rings. The van der Waals surface area contributed by atoms with Crippen LogP contribution < -0.4 is 10.0 Å². The Bertz CT molecular complexity index is 517. The molecule has 120 valence electrons. The molecule has 0 radical (unpaired) electrons. The second kappa shape index (κ2) is 7.96. The quantitative estimate of drug-likeness (QED) is 0.599. The van der Waals surface area contributed by atoms with Gasteiger partial charge in [0.1, 0.15) is 5.76 Å². The van der Waals surface area contributed by atoms with E-state index in [-0.39, 0.29) is 11.1 Å². The first-order chi connectivity index (χ1) is 10.1. The molecule has 0 atom stereocenters. The molecule has 5 nitrogen and oxygen atoms in total. The highest BCUT2D eigenvalue weighted by Crippen LogP contribution is 2.20. The fourth-order valence-electron chi connectivity index (χ4n) is 2.66. The molecule has 1 heterocycles. The Kier molecular flexibility index (Phi) is 6.26. The summed E-state index contributed by atoms with van der Waals surface area (Å²) in [5, 5.41) is 3.22. The van der Waals surface area contributed by atoms with Crippen molar-refractivity contribution in [2.24, 2.45) is 0 Å². The van der Waals surface area contributed by atoms with Crippen molar-refractivity contribution in [3.8, 4) is 0 Å². The maximum absolute atomic E-state index is 12.3. The fourth-order valence-corrected chi connectivity index (χ4v) is 3.92. The molecule has 1 aromatic heterocycles. The third kappa shape index (κ3) is 5.13. The van der Waals surface area contributed by atoms with Gasteiger partial charge in [0.05, 0.1) is 6.54 Å². The lowest BCUT2D eigenvalue weighted by Gasteiger charge is -2.14. The Hall–Kier alpha value is -0.850. The number of hydrogen-bond donors (Lipinski definition) is 2. The van der Waals surface area contributed by atoms with Gasteiger partial charge in [-0.2, -0.15) is 0 Å². The molecule has 21 heavy (non-hydrogen) atoms. The van der Waals surface area contributed by atoms with E-state index < -0.39 is 10.0 Å². The standard InChI is InChI=1S/C15H26N2O3S/c1-2-11-16-12-14-9-10-15(20-14)21(18,19)17-13-7-5-3-4-6-8-13/h9-10,13,16-17H,2-8,11-12H2,1H3. The van der Waals surface area contributed by atoms with Crippen molar-refractivity contribution < 1.29 is 12.8 Å². The van der Waals surface area contributed by atoms with Crippen LogP contribution in [0.1, 0.15) is 57.6 Å². The molecule has 0 spiro atoms. The zero-order chi connectivity index (χ0) is 15.1. The van der Waals surface area contributed by atoms with Crippen molar-refractivity contribution in [3.05, 3.63) is 17.9 Å². The van der Waals surface area contributed by atoms with E-state index in [1.807, 2.05) is 0 Å². The molecule has 2 N–H and O–H groups in total. The van der Waals surface area contributed by atoms with Gasteiger partial charge < -0.3 is 9.73 Å². The average Bonchev–Trinajstić information content (AvgIpc) is 2.79. The Morgan fingerprint density at radius 1 is 1.19 bits per heavy atom. The van der Waals surface area contributed by atoms with Crippen molar-refractivity contribution >= 4 is 10.0 Å².